The Labute approximate surface area is 84.8 Å². The molecule has 3 N–H and O–H groups in total. The van der Waals surface area contributed by atoms with Gasteiger partial charge in [0.05, 0.1) is 17.6 Å². The maximum Gasteiger partial charge on any atom is 0.329 e. The highest BCUT2D eigenvalue weighted by Crippen LogP contribution is 2.18. The first-order valence-electron chi connectivity index (χ1n) is 4.12. The van der Waals surface area contributed by atoms with Crippen molar-refractivity contribution in [2.45, 2.75) is 6.10 Å². The predicted molar refractivity (Wildman–Crippen MR) is 50.3 cm³/mol. The molecule has 0 fully saturated rings. The summed E-state index contributed by atoms with van der Waals surface area (Å²) in [6.07, 6.45) is 1.22. The second-order valence-electron chi connectivity index (χ2n) is 2.73. The van der Waals surface area contributed by atoms with Crippen LogP contribution in [0.5, 0.6) is 0 Å². The van der Waals surface area contributed by atoms with Crippen molar-refractivity contribution in [1.82, 2.24) is 9.97 Å². The van der Waals surface area contributed by atoms with Gasteiger partial charge in [-0.25, -0.2) is 9.97 Å². The van der Waals surface area contributed by atoms with Crippen LogP contribution in [0.3, 0.4) is 0 Å². The first-order chi connectivity index (χ1) is 7.15. The van der Waals surface area contributed by atoms with Crippen LogP contribution in [0.4, 0.5) is 11.5 Å². The first-order valence-corrected chi connectivity index (χ1v) is 4.12. The predicted octanol–water partition coefficient (Wildman–Crippen LogP) is -0.850. The van der Waals surface area contributed by atoms with Gasteiger partial charge in [-0.1, -0.05) is 0 Å². The van der Waals surface area contributed by atoms with E-state index in [-0.39, 0.29) is 18.1 Å². The third kappa shape index (κ3) is 3.11. The maximum absolute atomic E-state index is 10.5. The minimum atomic E-state index is -0.987. The normalized spacial score (nSPS) is 12.1. The number of nitrogens with one attached hydrogen (secondary N) is 1. The molecule has 1 aromatic rings. The van der Waals surface area contributed by atoms with Crippen LogP contribution in [0.1, 0.15) is 0 Å². The summed E-state index contributed by atoms with van der Waals surface area (Å²) >= 11 is 0. The molecule has 0 aliphatic carbocycles. The number of aliphatic hydroxyl groups excluding tert-OH is 2. The van der Waals surface area contributed by atoms with Crippen molar-refractivity contribution < 1.29 is 15.1 Å². The van der Waals surface area contributed by atoms with E-state index in [1.54, 1.807) is 0 Å². The van der Waals surface area contributed by atoms with Crippen LogP contribution >= 0.6 is 0 Å². The lowest BCUT2D eigenvalue weighted by Crippen LogP contribution is -2.23. The fourth-order valence-corrected chi connectivity index (χ4v) is 0.871. The van der Waals surface area contributed by atoms with Gasteiger partial charge in [0.25, 0.3) is 0 Å². The highest BCUT2D eigenvalue weighted by Gasteiger charge is 2.15. The number of nitrogens with zero attached hydrogens (tertiary/aromatic N) is 3. The number of aromatic nitrogens is 2. The van der Waals surface area contributed by atoms with Gasteiger partial charge in [0.15, 0.2) is 0 Å². The van der Waals surface area contributed by atoms with Gasteiger partial charge < -0.3 is 15.5 Å². The molecule has 8 heteroatoms. The summed E-state index contributed by atoms with van der Waals surface area (Å²) in [5.41, 5.74) is -0.275. The number of aliphatic hydroxyl groups is 2. The lowest BCUT2D eigenvalue weighted by Gasteiger charge is -2.08. The largest absolute Gasteiger partial charge is 0.394 e. The summed E-state index contributed by atoms with van der Waals surface area (Å²) in [6.45, 7) is -0.444. The molecular weight excluding hydrogens is 204 g/mol. The monoisotopic (exact) mass is 214 g/mol. The number of nitro groups is 1. The van der Waals surface area contributed by atoms with E-state index in [2.05, 4.69) is 15.3 Å². The van der Waals surface area contributed by atoms with E-state index in [1.807, 2.05) is 0 Å². The molecule has 0 aromatic carbocycles. The van der Waals surface area contributed by atoms with E-state index in [0.717, 1.165) is 12.5 Å². The Morgan fingerprint density at radius 1 is 1.67 bits per heavy atom. The second kappa shape index (κ2) is 5.17. The fraction of sp³-hybridized carbons (Fsp3) is 0.429. The van der Waals surface area contributed by atoms with Gasteiger partial charge in [-0.05, 0) is 0 Å². The molecule has 0 aliphatic heterocycles. The summed E-state index contributed by atoms with van der Waals surface area (Å²) in [6, 6.07) is 0. The zero-order valence-electron chi connectivity index (χ0n) is 7.70. The molecule has 1 heterocycles. The van der Waals surface area contributed by atoms with Crippen LogP contribution in [0, 0.1) is 10.1 Å². The van der Waals surface area contributed by atoms with Gasteiger partial charge in [0.2, 0.25) is 5.82 Å². The second-order valence-corrected chi connectivity index (χ2v) is 2.73. The fourth-order valence-electron chi connectivity index (χ4n) is 0.871. The lowest BCUT2D eigenvalue weighted by molar-refractivity contribution is -0.384. The maximum atomic E-state index is 10.5. The Hall–Kier alpha value is -1.80. The quantitative estimate of drug-likeness (QED) is 0.431. The van der Waals surface area contributed by atoms with Crippen molar-refractivity contribution >= 4 is 11.5 Å². The topological polar surface area (TPSA) is 121 Å². The van der Waals surface area contributed by atoms with Crippen molar-refractivity contribution in [3.8, 4) is 0 Å². The highest BCUT2D eigenvalue weighted by atomic mass is 16.6. The average Bonchev–Trinajstić information content (AvgIpc) is 2.26. The first kappa shape index (κ1) is 11.3. The summed E-state index contributed by atoms with van der Waals surface area (Å²) in [5, 5.41) is 30.6. The van der Waals surface area contributed by atoms with E-state index in [0.29, 0.717) is 0 Å². The molecule has 0 bridgehead atoms. The molecule has 0 unspecified atom stereocenters. The summed E-state index contributed by atoms with van der Waals surface area (Å²) in [7, 11) is 0. The third-order valence-corrected chi connectivity index (χ3v) is 1.61. The Morgan fingerprint density at radius 3 is 3.00 bits per heavy atom. The molecule has 0 radical (unpaired) electrons. The highest BCUT2D eigenvalue weighted by molar-refractivity contribution is 5.53. The van der Waals surface area contributed by atoms with Gasteiger partial charge in [-0.3, -0.25) is 10.1 Å². The summed E-state index contributed by atoms with van der Waals surface area (Å²) < 4.78 is 0. The minimum Gasteiger partial charge on any atom is -0.394 e. The van der Waals surface area contributed by atoms with Crippen LogP contribution in [0.15, 0.2) is 12.5 Å². The van der Waals surface area contributed by atoms with Gasteiger partial charge in [0.1, 0.15) is 12.5 Å². The lowest BCUT2D eigenvalue weighted by atomic mass is 10.3. The summed E-state index contributed by atoms with van der Waals surface area (Å²) in [4.78, 5) is 17.0. The number of anilines is 1. The smallest absolute Gasteiger partial charge is 0.329 e. The zero-order valence-corrected chi connectivity index (χ0v) is 7.70. The van der Waals surface area contributed by atoms with Crippen LogP contribution in [-0.4, -0.2) is 44.4 Å². The molecule has 1 rings (SSSR count). The molecule has 0 saturated heterocycles. The van der Waals surface area contributed by atoms with Crippen molar-refractivity contribution in [2.24, 2.45) is 0 Å². The van der Waals surface area contributed by atoms with Gasteiger partial charge >= 0.3 is 5.69 Å². The molecule has 1 atom stereocenters. The number of hydrogen-bond acceptors (Lipinski definition) is 7. The molecule has 0 amide bonds. The number of rotatable bonds is 5. The Morgan fingerprint density at radius 2 is 2.40 bits per heavy atom. The standard InChI is InChI=1S/C7H10N4O4/c12-3-5(13)1-9-7-6(11(14)15)2-8-4-10-7/h2,4-5,12-13H,1,3H2,(H,8,9,10)/t5-/m1/s1. The van der Waals surface area contributed by atoms with E-state index >= 15 is 0 Å². The molecule has 15 heavy (non-hydrogen) atoms. The molecular formula is C7H10N4O4. The number of hydrogen-bond donors (Lipinski definition) is 3. The molecule has 82 valence electrons. The molecule has 0 spiro atoms. The molecule has 0 saturated carbocycles. The zero-order chi connectivity index (χ0) is 11.3. The van der Waals surface area contributed by atoms with Gasteiger partial charge in [-0.2, -0.15) is 0 Å². The SMILES string of the molecule is O=[N+]([O-])c1cncnc1NC[C@@H](O)CO. The molecule has 0 aliphatic rings. The van der Waals surface area contributed by atoms with Crippen LogP contribution < -0.4 is 5.32 Å². The van der Waals surface area contributed by atoms with Crippen LogP contribution in [-0.2, 0) is 0 Å². The molecule has 8 nitrogen and oxygen atoms in total. The molecule has 1 aromatic heterocycles. The van der Waals surface area contributed by atoms with Crippen molar-refractivity contribution in [3.05, 3.63) is 22.6 Å². The van der Waals surface area contributed by atoms with Crippen molar-refractivity contribution in [3.63, 3.8) is 0 Å². The van der Waals surface area contributed by atoms with Crippen LogP contribution in [0.25, 0.3) is 0 Å². The average molecular weight is 214 g/mol. The Bertz CT molecular complexity index is 346. The van der Waals surface area contributed by atoms with E-state index in [4.69, 9.17) is 10.2 Å². The Balaban J connectivity index is 2.72. The minimum absolute atomic E-state index is 0.0162. The van der Waals surface area contributed by atoms with E-state index in [1.165, 1.54) is 0 Å². The third-order valence-electron chi connectivity index (χ3n) is 1.61. The Kier molecular flexibility index (Phi) is 3.89. The van der Waals surface area contributed by atoms with E-state index in [9.17, 15) is 10.1 Å². The van der Waals surface area contributed by atoms with E-state index < -0.39 is 17.6 Å². The van der Waals surface area contributed by atoms with Crippen molar-refractivity contribution in [2.75, 3.05) is 18.5 Å². The van der Waals surface area contributed by atoms with Crippen molar-refractivity contribution in [1.29, 1.82) is 0 Å². The summed E-state index contributed by atoms with van der Waals surface area (Å²) in [5.74, 6) is 0.0162. The van der Waals surface area contributed by atoms with Gasteiger partial charge in [-0.15, -0.1) is 0 Å². The van der Waals surface area contributed by atoms with Gasteiger partial charge in [0, 0.05) is 6.54 Å². The van der Waals surface area contributed by atoms with Crippen LogP contribution in [0.2, 0.25) is 0 Å².